The average molecular weight is 600 g/mol. The van der Waals surface area contributed by atoms with E-state index in [-0.39, 0.29) is 24.3 Å². The summed E-state index contributed by atoms with van der Waals surface area (Å²) in [4.78, 5) is 48.7. The summed E-state index contributed by atoms with van der Waals surface area (Å²) in [5, 5.41) is 9.34. The standard InChI is InChI=1S/C35H41N3O6/c1-4-43-26-16-14-25(15-17-26)36-20-9-13-27-28(32(36)40)29-33(41)38(19-6-5-7-22-39)31-34(42)37(21-10-18-35(29,31)44-27)30-23(2)11-8-12-24(30)3/h8-18,27-29,31,39H,4-7,19-22H2,1-3H3/t27-,28+,29-,31?,35-/m0/s1. The maximum atomic E-state index is 14.7. The smallest absolute Gasteiger partial charge is 0.253 e. The zero-order valence-corrected chi connectivity index (χ0v) is 25.6. The first-order valence-electron chi connectivity index (χ1n) is 15.7. The fourth-order valence-corrected chi connectivity index (χ4v) is 7.50. The van der Waals surface area contributed by atoms with Crippen molar-refractivity contribution in [3.8, 4) is 5.75 Å². The molecule has 5 atom stereocenters. The first kappa shape index (κ1) is 30.1. The summed E-state index contributed by atoms with van der Waals surface area (Å²) >= 11 is 0. The van der Waals surface area contributed by atoms with Crippen LogP contribution in [-0.2, 0) is 19.1 Å². The molecule has 9 heteroatoms. The van der Waals surface area contributed by atoms with Gasteiger partial charge < -0.3 is 29.3 Å². The molecule has 0 bridgehead atoms. The van der Waals surface area contributed by atoms with E-state index in [0.29, 0.717) is 44.8 Å². The Morgan fingerprint density at radius 2 is 1.64 bits per heavy atom. The average Bonchev–Trinajstić information content (AvgIpc) is 3.32. The van der Waals surface area contributed by atoms with Gasteiger partial charge in [0.1, 0.15) is 17.4 Å². The molecule has 232 valence electrons. The Labute approximate surface area is 258 Å². The van der Waals surface area contributed by atoms with Gasteiger partial charge in [0.15, 0.2) is 0 Å². The summed E-state index contributed by atoms with van der Waals surface area (Å²) < 4.78 is 12.4. The van der Waals surface area contributed by atoms with Gasteiger partial charge in [-0.1, -0.05) is 42.5 Å². The third kappa shape index (κ3) is 4.92. The van der Waals surface area contributed by atoms with Crippen LogP contribution in [0.5, 0.6) is 5.75 Å². The van der Waals surface area contributed by atoms with Crippen LogP contribution in [0.4, 0.5) is 11.4 Å². The normalized spacial score (nSPS) is 27.7. The quantitative estimate of drug-likeness (QED) is 0.346. The number of anilines is 2. The number of nitrogens with zero attached hydrogens (tertiary/aromatic N) is 3. The number of amides is 3. The zero-order valence-electron chi connectivity index (χ0n) is 25.6. The number of aryl methyl sites for hydroxylation is 2. The number of aliphatic hydroxyl groups is 1. The van der Waals surface area contributed by atoms with Gasteiger partial charge >= 0.3 is 0 Å². The molecule has 0 aliphatic carbocycles. The van der Waals surface area contributed by atoms with Crippen molar-refractivity contribution in [2.24, 2.45) is 11.8 Å². The van der Waals surface area contributed by atoms with Crippen molar-refractivity contribution in [2.45, 2.75) is 57.8 Å². The second kappa shape index (κ2) is 12.2. The molecule has 2 aromatic carbocycles. The van der Waals surface area contributed by atoms with E-state index in [0.717, 1.165) is 29.0 Å². The van der Waals surface area contributed by atoms with Crippen LogP contribution in [0, 0.1) is 25.7 Å². The lowest BCUT2D eigenvalue weighted by atomic mass is 9.77. The molecule has 0 saturated carbocycles. The lowest BCUT2D eigenvalue weighted by molar-refractivity contribution is -0.140. The van der Waals surface area contributed by atoms with Crippen LogP contribution in [0.1, 0.15) is 37.3 Å². The summed E-state index contributed by atoms with van der Waals surface area (Å²) in [7, 11) is 0. The van der Waals surface area contributed by atoms with E-state index in [9.17, 15) is 19.5 Å². The number of carbonyl (C=O) groups is 3. The second-order valence-electron chi connectivity index (χ2n) is 12.1. The molecule has 1 N–H and O–H groups in total. The second-order valence-corrected chi connectivity index (χ2v) is 12.1. The predicted molar refractivity (Wildman–Crippen MR) is 168 cm³/mol. The highest BCUT2D eigenvalue weighted by atomic mass is 16.5. The number of rotatable bonds is 9. The molecule has 6 rings (SSSR count). The Morgan fingerprint density at radius 3 is 2.34 bits per heavy atom. The number of hydrogen-bond acceptors (Lipinski definition) is 6. The third-order valence-electron chi connectivity index (χ3n) is 9.38. The highest BCUT2D eigenvalue weighted by molar-refractivity contribution is 6.07. The Balaban J connectivity index is 1.40. The van der Waals surface area contributed by atoms with E-state index in [2.05, 4.69) is 0 Å². The first-order chi connectivity index (χ1) is 21.3. The Kier molecular flexibility index (Phi) is 8.35. The summed E-state index contributed by atoms with van der Waals surface area (Å²) in [5.74, 6) is -1.56. The van der Waals surface area contributed by atoms with Gasteiger partial charge in [-0.15, -0.1) is 0 Å². The summed E-state index contributed by atoms with van der Waals surface area (Å²) in [6.07, 6.45) is 8.92. The molecule has 44 heavy (non-hydrogen) atoms. The molecule has 4 heterocycles. The van der Waals surface area contributed by atoms with Gasteiger partial charge in [0.2, 0.25) is 11.8 Å². The minimum Gasteiger partial charge on any atom is -0.494 e. The molecule has 1 spiro atoms. The van der Waals surface area contributed by atoms with Crippen molar-refractivity contribution in [2.75, 3.05) is 42.6 Å². The molecule has 4 aliphatic rings. The van der Waals surface area contributed by atoms with Gasteiger partial charge in [-0.05, 0) is 75.4 Å². The van der Waals surface area contributed by atoms with Gasteiger partial charge in [0, 0.05) is 37.6 Å². The Bertz CT molecular complexity index is 1470. The monoisotopic (exact) mass is 599 g/mol. The number of aliphatic hydroxyl groups excluding tert-OH is 1. The lowest BCUT2D eigenvalue weighted by Crippen LogP contribution is -2.55. The highest BCUT2D eigenvalue weighted by Gasteiger charge is 2.71. The minimum atomic E-state index is -1.28. The van der Waals surface area contributed by atoms with Crippen molar-refractivity contribution < 1.29 is 29.0 Å². The molecule has 9 nitrogen and oxygen atoms in total. The molecular formula is C35H41N3O6. The highest BCUT2D eigenvalue weighted by Crippen LogP contribution is 2.54. The Morgan fingerprint density at radius 1 is 0.909 bits per heavy atom. The van der Waals surface area contributed by atoms with Crippen LogP contribution in [0.25, 0.3) is 0 Å². The van der Waals surface area contributed by atoms with Gasteiger partial charge in [-0.2, -0.15) is 0 Å². The SMILES string of the molecule is CCOc1ccc(N2CC=C[C@@H]3O[C@]45C=CCN(c6c(C)cccc6C)C(=O)C4N(CCCCCO)C(=O)[C@@H]5[C@@H]3C2=O)cc1. The maximum Gasteiger partial charge on any atom is 0.253 e. The number of ether oxygens (including phenoxy) is 2. The van der Waals surface area contributed by atoms with Gasteiger partial charge in [-0.3, -0.25) is 14.4 Å². The zero-order chi connectivity index (χ0) is 31.0. The van der Waals surface area contributed by atoms with E-state index in [1.807, 2.05) is 87.5 Å². The van der Waals surface area contributed by atoms with Crippen LogP contribution in [0.3, 0.4) is 0 Å². The van der Waals surface area contributed by atoms with E-state index < -0.39 is 29.6 Å². The van der Waals surface area contributed by atoms with Gasteiger partial charge in [0.05, 0.1) is 24.5 Å². The number of hydrogen-bond donors (Lipinski definition) is 1. The van der Waals surface area contributed by atoms with Crippen molar-refractivity contribution in [3.63, 3.8) is 0 Å². The molecule has 4 aliphatic heterocycles. The first-order valence-corrected chi connectivity index (χ1v) is 15.7. The molecule has 0 radical (unpaired) electrons. The summed E-state index contributed by atoms with van der Waals surface area (Å²) in [6, 6.07) is 12.4. The van der Waals surface area contributed by atoms with Gasteiger partial charge in [-0.25, -0.2) is 0 Å². The van der Waals surface area contributed by atoms with Crippen LogP contribution in [-0.4, -0.2) is 78.3 Å². The molecule has 3 amide bonds. The van der Waals surface area contributed by atoms with E-state index in [1.165, 1.54) is 0 Å². The molecule has 0 aromatic heterocycles. The van der Waals surface area contributed by atoms with E-state index in [1.54, 1.807) is 14.7 Å². The fraction of sp³-hybridized carbons (Fsp3) is 0.457. The number of likely N-dealkylation sites (tertiary alicyclic amines) is 1. The summed E-state index contributed by atoms with van der Waals surface area (Å²) in [6.45, 7) is 7.53. The number of unbranched alkanes of at least 4 members (excludes halogenated alkanes) is 2. The summed E-state index contributed by atoms with van der Waals surface area (Å²) in [5.41, 5.74) is 2.20. The van der Waals surface area contributed by atoms with Crippen molar-refractivity contribution in [1.29, 1.82) is 0 Å². The van der Waals surface area contributed by atoms with Crippen LogP contribution in [0.2, 0.25) is 0 Å². The topological polar surface area (TPSA) is 99.6 Å². The van der Waals surface area contributed by atoms with Crippen molar-refractivity contribution in [1.82, 2.24) is 4.90 Å². The molecule has 2 saturated heterocycles. The van der Waals surface area contributed by atoms with Gasteiger partial charge in [0.25, 0.3) is 5.91 Å². The number of carbonyl (C=O) groups excluding carboxylic acids is 3. The molecule has 1 unspecified atom stereocenters. The fourth-order valence-electron chi connectivity index (χ4n) is 7.50. The third-order valence-corrected chi connectivity index (χ3v) is 9.38. The number of benzene rings is 2. The lowest BCUT2D eigenvalue weighted by Gasteiger charge is -2.36. The minimum absolute atomic E-state index is 0.0705. The molecular weight excluding hydrogens is 558 g/mol. The van der Waals surface area contributed by atoms with Crippen molar-refractivity contribution >= 4 is 29.1 Å². The van der Waals surface area contributed by atoms with Crippen LogP contribution in [0.15, 0.2) is 66.8 Å². The predicted octanol–water partition coefficient (Wildman–Crippen LogP) is 3.95. The Hall–Kier alpha value is -3.95. The van der Waals surface area contributed by atoms with Crippen LogP contribution < -0.4 is 14.5 Å². The maximum absolute atomic E-state index is 14.7. The molecule has 2 aromatic rings. The number of para-hydroxylation sites is 1. The van der Waals surface area contributed by atoms with E-state index in [4.69, 9.17) is 9.47 Å². The largest absolute Gasteiger partial charge is 0.494 e. The van der Waals surface area contributed by atoms with E-state index >= 15 is 0 Å². The molecule has 2 fully saturated rings. The van der Waals surface area contributed by atoms with Crippen molar-refractivity contribution in [3.05, 3.63) is 77.9 Å². The number of fused-ring (bicyclic) bond motifs is 2. The van der Waals surface area contributed by atoms with Crippen LogP contribution >= 0.6 is 0 Å².